The predicted octanol–water partition coefficient (Wildman–Crippen LogP) is 7.22. The van der Waals surface area contributed by atoms with Crippen LogP contribution < -0.4 is 9.62 Å². The second-order valence-corrected chi connectivity index (χ2v) is 13.8. The van der Waals surface area contributed by atoms with Crippen molar-refractivity contribution in [2.24, 2.45) is 0 Å². The summed E-state index contributed by atoms with van der Waals surface area (Å²) in [6.07, 6.45) is -4.02. The molecule has 0 radical (unpaired) electrons. The summed E-state index contributed by atoms with van der Waals surface area (Å²) in [5.41, 5.74) is -0.00571. The highest BCUT2D eigenvalue weighted by molar-refractivity contribution is 9.10. The van der Waals surface area contributed by atoms with Crippen LogP contribution in [-0.2, 0) is 38.8 Å². The zero-order chi connectivity index (χ0) is 34.2. The van der Waals surface area contributed by atoms with E-state index in [-0.39, 0.29) is 29.6 Å². The van der Waals surface area contributed by atoms with Crippen LogP contribution in [0.3, 0.4) is 0 Å². The second-order valence-electron chi connectivity index (χ2n) is 11.0. The molecule has 7 nitrogen and oxygen atoms in total. The summed E-state index contributed by atoms with van der Waals surface area (Å²) >= 11 is 3.43. The average molecular weight is 731 g/mol. The molecule has 0 spiro atoms. The van der Waals surface area contributed by atoms with Crippen LogP contribution in [0.2, 0.25) is 0 Å². The fourth-order valence-corrected chi connectivity index (χ4v) is 6.79. The van der Waals surface area contributed by atoms with Crippen molar-refractivity contribution in [1.82, 2.24) is 10.2 Å². The molecular formula is C35H35BrF3N3O4S. The number of carbonyl (C=O) groups excluding carboxylic acids is 2. The molecule has 1 N–H and O–H groups in total. The lowest BCUT2D eigenvalue weighted by molar-refractivity contribution is -0.140. The Morgan fingerprint density at radius 2 is 1.47 bits per heavy atom. The van der Waals surface area contributed by atoms with Gasteiger partial charge in [0.15, 0.2) is 0 Å². The topological polar surface area (TPSA) is 86.8 Å². The van der Waals surface area contributed by atoms with Gasteiger partial charge in [-0.3, -0.25) is 13.9 Å². The molecule has 4 aromatic carbocycles. The summed E-state index contributed by atoms with van der Waals surface area (Å²) in [4.78, 5) is 29.4. The van der Waals surface area contributed by atoms with Gasteiger partial charge >= 0.3 is 6.18 Å². The standard InChI is InChI=1S/C35H35BrF3N3O4S/c1-3-25(2)40-34(44)32(21-26-12-6-4-7-13-26)41(23-27-14-10-16-29(36)20-27)33(43)24-42(47(45,46)31-18-8-5-9-19-31)30-17-11-15-28(22-30)35(37,38)39/h4-20,22,25,32H,3,21,23-24H2,1-2H3,(H,40,44)/t25-,32-/m0/s1. The summed E-state index contributed by atoms with van der Waals surface area (Å²) in [7, 11) is -4.54. The summed E-state index contributed by atoms with van der Waals surface area (Å²) in [5, 5.41) is 2.95. The third-order valence-corrected chi connectivity index (χ3v) is 9.87. The van der Waals surface area contributed by atoms with E-state index in [0.29, 0.717) is 22.4 Å². The zero-order valence-corrected chi connectivity index (χ0v) is 28.2. The zero-order valence-electron chi connectivity index (χ0n) is 25.8. The molecule has 4 rings (SSSR count). The highest BCUT2D eigenvalue weighted by Gasteiger charge is 2.36. The first-order chi connectivity index (χ1) is 22.3. The number of hydrogen-bond donors (Lipinski definition) is 1. The number of sulfonamides is 1. The molecule has 0 bridgehead atoms. The number of rotatable bonds is 13. The highest BCUT2D eigenvalue weighted by Crippen LogP contribution is 2.33. The maximum absolute atomic E-state index is 14.5. The maximum Gasteiger partial charge on any atom is 0.416 e. The quantitative estimate of drug-likeness (QED) is 0.158. The van der Waals surface area contributed by atoms with E-state index in [0.717, 1.165) is 22.2 Å². The van der Waals surface area contributed by atoms with Gasteiger partial charge in [-0.05, 0) is 66.9 Å². The SMILES string of the molecule is CC[C@H](C)NC(=O)[C@H](Cc1ccccc1)N(Cc1cccc(Br)c1)C(=O)CN(c1cccc(C(F)(F)F)c1)S(=O)(=O)c1ccccc1. The molecule has 0 aromatic heterocycles. The smallest absolute Gasteiger partial charge is 0.352 e. The number of nitrogens with one attached hydrogen (secondary N) is 1. The van der Waals surface area contributed by atoms with Gasteiger partial charge in [-0.25, -0.2) is 8.42 Å². The van der Waals surface area contributed by atoms with Crippen LogP contribution in [0, 0.1) is 0 Å². The number of hydrogen-bond acceptors (Lipinski definition) is 4. The lowest BCUT2D eigenvalue weighted by Gasteiger charge is -2.34. The number of alkyl halides is 3. The fourth-order valence-electron chi connectivity index (χ4n) is 4.91. The maximum atomic E-state index is 14.5. The van der Waals surface area contributed by atoms with E-state index in [4.69, 9.17) is 0 Å². The Morgan fingerprint density at radius 3 is 2.09 bits per heavy atom. The molecule has 248 valence electrons. The van der Waals surface area contributed by atoms with Crippen LogP contribution in [0.5, 0.6) is 0 Å². The summed E-state index contributed by atoms with van der Waals surface area (Å²) in [6.45, 7) is 2.79. The molecule has 4 aromatic rings. The van der Waals surface area contributed by atoms with Crippen molar-refractivity contribution in [2.45, 2.75) is 56.4 Å². The van der Waals surface area contributed by atoms with Crippen molar-refractivity contribution in [2.75, 3.05) is 10.8 Å². The monoisotopic (exact) mass is 729 g/mol. The molecule has 2 amide bonds. The molecular weight excluding hydrogens is 695 g/mol. The first-order valence-corrected chi connectivity index (χ1v) is 17.2. The van der Waals surface area contributed by atoms with Gasteiger partial charge in [0, 0.05) is 23.5 Å². The van der Waals surface area contributed by atoms with E-state index in [1.165, 1.54) is 35.2 Å². The first kappa shape index (κ1) is 35.7. The molecule has 0 unspecified atom stereocenters. The van der Waals surface area contributed by atoms with Crippen LogP contribution in [0.1, 0.15) is 37.0 Å². The number of halogens is 4. The van der Waals surface area contributed by atoms with Gasteiger partial charge in [0.1, 0.15) is 12.6 Å². The Hall–Kier alpha value is -4.16. The molecule has 0 fully saturated rings. The van der Waals surface area contributed by atoms with Crippen molar-refractivity contribution in [3.63, 3.8) is 0 Å². The van der Waals surface area contributed by atoms with Crippen molar-refractivity contribution >= 4 is 43.5 Å². The molecule has 2 atom stereocenters. The van der Waals surface area contributed by atoms with Crippen LogP contribution >= 0.6 is 15.9 Å². The molecule has 0 aliphatic carbocycles. The number of benzene rings is 4. The van der Waals surface area contributed by atoms with E-state index in [2.05, 4.69) is 21.2 Å². The highest BCUT2D eigenvalue weighted by atomic mass is 79.9. The van der Waals surface area contributed by atoms with Crippen LogP contribution in [-0.4, -0.2) is 43.8 Å². The lowest BCUT2D eigenvalue weighted by Crippen LogP contribution is -2.54. The van der Waals surface area contributed by atoms with Gasteiger partial charge in [-0.2, -0.15) is 13.2 Å². The van der Waals surface area contributed by atoms with Gasteiger partial charge in [0.05, 0.1) is 16.1 Å². The molecule has 12 heteroatoms. The minimum atomic E-state index is -4.76. The average Bonchev–Trinajstić information content (AvgIpc) is 3.05. The minimum Gasteiger partial charge on any atom is -0.352 e. The summed E-state index contributed by atoms with van der Waals surface area (Å²) < 4.78 is 70.7. The summed E-state index contributed by atoms with van der Waals surface area (Å²) in [6, 6.07) is 25.9. The molecule has 0 heterocycles. The Morgan fingerprint density at radius 1 is 0.851 bits per heavy atom. The van der Waals surface area contributed by atoms with Crippen molar-refractivity contribution in [3.05, 3.63) is 130 Å². The van der Waals surface area contributed by atoms with Gasteiger partial charge < -0.3 is 10.2 Å². The number of nitrogens with zero attached hydrogens (tertiary/aromatic N) is 2. The van der Waals surface area contributed by atoms with Crippen molar-refractivity contribution in [1.29, 1.82) is 0 Å². The van der Waals surface area contributed by atoms with Crippen LogP contribution in [0.15, 0.2) is 119 Å². The van der Waals surface area contributed by atoms with Crippen molar-refractivity contribution in [3.8, 4) is 0 Å². The van der Waals surface area contributed by atoms with E-state index in [1.54, 1.807) is 42.5 Å². The third-order valence-electron chi connectivity index (χ3n) is 7.59. The number of carbonyl (C=O) groups is 2. The fraction of sp³-hybridized carbons (Fsp3) is 0.257. The largest absolute Gasteiger partial charge is 0.416 e. The third kappa shape index (κ3) is 9.45. The van der Waals surface area contributed by atoms with E-state index in [9.17, 15) is 31.2 Å². The molecule has 0 aliphatic rings. The normalized spacial score (nSPS) is 13.0. The van der Waals surface area contributed by atoms with Gasteiger partial charge in [0.25, 0.3) is 10.0 Å². The molecule has 47 heavy (non-hydrogen) atoms. The number of anilines is 1. The summed E-state index contributed by atoms with van der Waals surface area (Å²) in [5.74, 6) is -1.22. The molecule has 0 aliphatic heterocycles. The Bertz CT molecular complexity index is 1770. The second kappa shape index (κ2) is 15.6. The first-order valence-electron chi connectivity index (χ1n) is 14.9. The Labute approximate surface area is 281 Å². The Kier molecular flexibility index (Phi) is 11.9. The number of amides is 2. The minimum absolute atomic E-state index is 0.0779. The van der Waals surface area contributed by atoms with E-state index < -0.39 is 46.2 Å². The van der Waals surface area contributed by atoms with Crippen LogP contribution in [0.25, 0.3) is 0 Å². The van der Waals surface area contributed by atoms with Gasteiger partial charge in [-0.1, -0.05) is 89.6 Å². The predicted molar refractivity (Wildman–Crippen MR) is 179 cm³/mol. The van der Waals surface area contributed by atoms with Gasteiger partial charge in [0.2, 0.25) is 11.8 Å². The van der Waals surface area contributed by atoms with E-state index >= 15 is 0 Å². The lowest BCUT2D eigenvalue weighted by atomic mass is 10.0. The Balaban J connectivity index is 1.84. The van der Waals surface area contributed by atoms with Crippen LogP contribution in [0.4, 0.5) is 18.9 Å². The van der Waals surface area contributed by atoms with E-state index in [1.807, 2.05) is 32.0 Å². The van der Waals surface area contributed by atoms with Crippen molar-refractivity contribution < 1.29 is 31.2 Å². The van der Waals surface area contributed by atoms with Gasteiger partial charge in [-0.15, -0.1) is 0 Å². The molecule has 0 saturated heterocycles. The molecule has 0 saturated carbocycles.